The number of rotatable bonds is 2. The number of fused-ring (bicyclic) bond motifs is 6. The lowest BCUT2D eigenvalue weighted by Crippen LogP contribution is -2.35. The second-order valence-electron chi connectivity index (χ2n) is 8.97. The van der Waals surface area contributed by atoms with Gasteiger partial charge in [0.25, 0.3) is 0 Å². The molecule has 3 heteroatoms. The normalized spacial score (nSPS) is 18.1. The minimum absolute atomic E-state index is 0.718. The standard InChI is InChI=1S/C27H25N3/c1-2-7-19(8-3-1)28-15-16-29(18-28)20-13-14-26-24(17-20)23-11-6-10-22-21-9-4-5-12-25(21)30(26)27(22)23/h4-6,9-17,19H,1-3,7-8,18H2. The second kappa shape index (κ2) is 6.15. The fourth-order valence-electron chi connectivity index (χ4n) is 5.85. The lowest BCUT2D eigenvalue weighted by atomic mass is 9.95. The first-order valence-electron chi connectivity index (χ1n) is 11.3. The zero-order valence-corrected chi connectivity index (χ0v) is 17.1. The number of aromatic nitrogens is 1. The molecule has 1 aliphatic carbocycles. The zero-order valence-electron chi connectivity index (χ0n) is 17.1. The summed E-state index contributed by atoms with van der Waals surface area (Å²) in [6.07, 6.45) is 11.4. The highest BCUT2D eigenvalue weighted by Crippen LogP contribution is 2.40. The van der Waals surface area contributed by atoms with E-state index in [1.54, 1.807) is 0 Å². The fourth-order valence-corrected chi connectivity index (χ4v) is 5.85. The third-order valence-corrected chi connectivity index (χ3v) is 7.34. The molecule has 0 amide bonds. The van der Waals surface area contributed by atoms with E-state index in [9.17, 15) is 0 Å². The number of hydrogen-bond donors (Lipinski definition) is 0. The Kier molecular flexibility index (Phi) is 3.40. The van der Waals surface area contributed by atoms with Crippen molar-refractivity contribution in [3.05, 3.63) is 73.1 Å². The minimum atomic E-state index is 0.718. The predicted octanol–water partition coefficient (Wildman–Crippen LogP) is 6.72. The van der Waals surface area contributed by atoms with Crippen LogP contribution in [0.4, 0.5) is 5.69 Å². The highest BCUT2D eigenvalue weighted by molar-refractivity contribution is 6.23. The first kappa shape index (κ1) is 16.6. The molecule has 3 heterocycles. The van der Waals surface area contributed by atoms with Gasteiger partial charge in [-0.2, -0.15) is 0 Å². The molecule has 0 unspecified atom stereocenters. The smallest absolute Gasteiger partial charge is 0.0944 e. The average molecular weight is 392 g/mol. The van der Waals surface area contributed by atoms with E-state index in [2.05, 4.69) is 87.3 Å². The van der Waals surface area contributed by atoms with E-state index in [-0.39, 0.29) is 0 Å². The molecule has 0 spiro atoms. The summed E-state index contributed by atoms with van der Waals surface area (Å²) in [6, 6.07) is 23.2. The van der Waals surface area contributed by atoms with Crippen LogP contribution in [0, 0.1) is 0 Å². The lowest BCUT2D eigenvalue weighted by Gasteiger charge is -2.32. The van der Waals surface area contributed by atoms with Crippen LogP contribution in [-0.4, -0.2) is 22.0 Å². The maximum atomic E-state index is 2.55. The van der Waals surface area contributed by atoms with Crippen LogP contribution in [0.3, 0.4) is 0 Å². The molecule has 0 atom stereocenters. The Balaban J connectivity index is 1.35. The Morgan fingerprint density at radius 2 is 1.43 bits per heavy atom. The summed E-state index contributed by atoms with van der Waals surface area (Å²) in [6.45, 7) is 0.975. The molecule has 3 nitrogen and oxygen atoms in total. The van der Waals surface area contributed by atoms with Crippen LogP contribution >= 0.6 is 0 Å². The molecule has 1 fully saturated rings. The van der Waals surface area contributed by atoms with Crippen LogP contribution in [-0.2, 0) is 0 Å². The van der Waals surface area contributed by atoms with Crippen molar-refractivity contribution in [2.75, 3.05) is 11.6 Å². The Morgan fingerprint density at radius 1 is 0.667 bits per heavy atom. The van der Waals surface area contributed by atoms with Crippen molar-refractivity contribution in [1.29, 1.82) is 0 Å². The largest absolute Gasteiger partial charge is 0.355 e. The topological polar surface area (TPSA) is 10.9 Å². The van der Waals surface area contributed by atoms with E-state index < -0.39 is 0 Å². The molecule has 0 saturated heterocycles. The van der Waals surface area contributed by atoms with Crippen LogP contribution in [0.2, 0.25) is 0 Å². The molecule has 1 aliphatic heterocycles. The third-order valence-electron chi connectivity index (χ3n) is 7.34. The summed E-state index contributed by atoms with van der Waals surface area (Å²) in [5.74, 6) is 0. The molecule has 3 aromatic carbocycles. The van der Waals surface area contributed by atoms with Crippen molar-refractivity contribution in [3.63, 3.8) is 0 Å². The molecule has 148 valence electrons. The summed E-state index contributed by atoms with van der Waals surface area (Å²) < 4.78 is 2.45. The molecule has 30 heavy (non-hydrogen) atoms. The van der Waals surface area contributed by atoms with Crippen molar-refractivity contribution >= 4 is 43.8 Å². The van der Waals surface area contributed by atoms with Gasteiger partial charge in [0.05, 0.1) is 23.2 Å². The van der Waals surface area contributed by atoms with Crippen molar-refractivity contribution in [2.24, 2.45) is 0 Å². The van der Waals surface area contributed by atoms with Crippen molar-refractivity contribution < 1.29 is 0 Å². The number of para-hydroxylation sites is 2. The first-order chi connectivity index (χ1) is 14.9. The van der Waals surface area contributed by atoms with Crippen LogP contribution in [0.15, 0.2) is 73.1 Å². The molecular formula is C27H25N3. The maximum Gasteiger partial charge on any atom is 0.0944 e. The van der Waals surface area contributed by atoms with E-state index in [4.69, 9.17) is 0 Å². The second-order valence-corrected chi connectivity index (χ2v) is 8.97. The van der Waals surface area contributed by atoms with Crippen LogP contribution in [0.1, 0.15) is 32.1 Å². The van der Waals surface area contributed by atoms with Crippen molar-refractivity contribution in [1.82, 2.24) is 9.30 Å². The molecule has 2 aliphatic rings. The van der Waals surface area contributed by atoms with Gasteiger partial charge in [0.15, 0.2) is 0 Å². The lowest BCUT2D eigenvalue weighted by molar-refractivity contribution is 0.232. The van der Waals surface area contributed by atoms with Crippen LogP contribution in [0.25, 0.3) is 38.1 Å². The Hall–Kier alpha value is -3.20. The predicted molar refractivity (Wildman–Crippen MR) is 126 cm³/mol. The summed E-state index contributed by atoms with van der Waals surface area (Å²) in [5.41, 5.74) is 5.25. The Morgan fingerprint density at radius 3 is 2.33 bits per heavy atom. The van der Waals surface area contributed by atoms with Gasteiger partial charge in [-0.3, -0.25) is 0 Å². The summed E-state index contributed by atoms with van der Waals surface area (Å²) in [5, 5.41) is 5.40. The van der Waals surface area contributed by atoms with Gasteiger partial charge in [-0.25, -0.2) is 0 Å². The molecule has 5 aromatic rings. The van der Waals surface area contributed by atoms with Crippen LogP contribution in [0.5, 0.6) is 0 Å². The van der Waals surface area contributed by atoms with Gasteiger partial charge < -0.3 is 14.2 Å². The number of hydrogen-bond acceptors (Lipinski definition) is 2. The van der Waals surface area contributed by atoms with Gasteiger partial charge in [-0.05, 0) is 37.1 Å². The monoisotopic (exact) mass is 391 g/mol. The van der Waals surface area contributed by atoms with Gasteiger partial charge in [0.1, 0.15) is 0 Å². The molecule has 0 radical (unpaired) electrons. The van der Waals surface area contributed by atoms with Crippen LogP contribution < -0.4 is 4.90 Å². The van der Waals surface area contributed by atoms with Gasteiger partial charge >= 0.3 is 0 Å². The summed E-state index contributed by atoms with van der Waals surface area (Å²) >= 11 is 0. The number of benzene rings is 3. The summed E-state index contributed by atoms with van der Waals surface area (Å²) in [7, 11) is 0. The molecular weight excluding hydrogens is 366 g/mol. The highest BCUT2D eigenvalue weighted by Gasteiger charge is 2.24. The molecule has 1 saturated carbocycles. The van der Waals surface area contributed by atoms with Gasteiger partial charge in [-0.15, -0.1) is 0 Å². The van der Waals surface area contributed by atoms with E-state index in [0.29, 0.717) is 0 Å². The maximum absolute atomic E-state index is 2.55. The number of nitrogens with zero attached hydrogens (tertiary/aromatic N) is 3. The Bertz CT molecular complexity index is 1420. The van der Waals surface area contributed by atoms with E-state index in [1.165, 1.54) is 75.9 Å². The Labute approximate surface area is 176 Å². The molecule has 2 aromatic heterocycles. The number of anilines is 1. The quantitative estimate of drug-likeness (QED) is 0.331. The summed E-state index contributed by atoms with van der Waals surface area (Å²) in [4.78, 5) is 4.95. The third kappa shape index (κ3) is 2.21. The zero-order chi connectivity index (χ0) is 19.7. The van der Waals surface area contributed by atoms with Gasteiger partial charge in [0.2, 0.25) is 0 Å². The van der Waals surface area contributed by atoms with Gasteiger partial charge in [0, 0.05) is 45.7 Å². The molecule has 7 rings (SSSR count). The SMILES string of the molecule is C1=CN(C2CCCCC2)CN1c1ccc2c(c1)c1cccc3c4ccccc4n2c31. The minimum Gasteiger partial charge on any atom is -0.355 e. The average Bonchev–Trinajstić information content (AvgIpc) is 3.51. The fraction of sp³-hybridized carbons (Fsp3) is 0.259. The van der Waals surface area contributed by atoms with E-state index in [0.717, 1.165) is 12.7 Å². The van der Waals surface area contributed by atoms with E-state index in [1.807, 2.05) is 0 Å². The van der Waals surface area contributed by atoms with Crippen molar-refractivity contribution in [2.45, 2.75) is 38.1 Å². The first-order valence-corrected chi connectivity index (χ1v) is 11.3. The highest BCUT2D eigenvalue weighted by atomic mass is 15.4. The molecule has 0 N–H and O–H groups in total. The van der Waals surface area contributed by atoms with E-state index >= 15 is 0 Å². The molecule has 0 bridgehead atoms. The van der Waals surface area contributed by atoms with Crippen molar-refractivity contribution in [3.8, 4) is 0 Å². The van der Waals surface area contributed by atoms with Gasteiger partial charge in [-0.1, -0.05) is 55.7 Å².